The second-order valence-corrected chi connectivity index (χ2v) is 7.94. The lowest BCUT2D eigenvalue weighted by atomic mass is 9.93. The van der Waals surface area contributed by atoms with Crippen molar-refractivity contribution in [2.45, 2.75) is 52.9 Å². The SMILES string of the molecule is CC(C)CCCC(C)CCc1c(O)cc(-c2nc3ccncc3[nH]2)cc1O. The van der Waals surface area contributed by atoms with E-state index in [2.05, 4.69) is 35.7 Å². The smallest absolute Gasteiger partial charge is 0.138 e. The molecule has 0 spiro atoms. The number of benzene rings is 1. The van der Waals surface area contributed by atoms with Crippen LogP contribution in [0.3, 0.4) is 0 Å². The summed E-state index contributed by atoms with van der Waals surface area (Å²) in [4.78, 5) is 11.7. The third-order valence-corrected chi connectivity index (χ3v) is 5.13. The molecule has 0 aliphatic rings. The van der Waals surface area contributed by atoms with Gasteiger partial charge >= 0.3 is 0 Å². The molecule has 2 aromatic heterocycles. The Morgan fingerprint density at radius 2 is 1.78 bits per heavy atom. The molecule has 0 amide bonds. The summed E-state index contributed by atoms with van der Waals surface area (Å²) >= 11 is 0. The highest BCUT2D eigenvalue weighted by Gasteiger charge is 2.14. The molecule has 0 aliphatic heterocycles. The van der Waals surface area contributed by atoms with Gasteiger partial charge in [0.05, 0.1) is 17.2 Å². The summed E-state index contributed by atoms with van der Waals surface area (Å²) in [5, 5.41) is 20.9. The Labute approximate surface area is 160 Å². The van der Waals surface area contributed by atoms with E-state index in [0.717, 1.165) is 23.4 Å². The molecule has 1 unspecified atom stereocenters. The quantitative estimate of drug-likeness (QED) is 0.496. The number of phenols is 2. The van der Waals surface area contributed by atoms with Crippen molar-refractivity contribution >= 4 is 11.0 Å². The standard InChI is InChI=1S/C22H29N3O2/c1-14(2)5-4-6-15(3)7-8-17-20(26)11-16(12-21(17)27)22-24-18-9-10-23-13-19(18)25-22/h9-15,26-27H,4-8H2,1-3H3,(H,24,25). The molecule has 0 radical (unpaired) electrons. The highest BCUT2D eigenvalue weighted by atomic mass is 16.3. The van der Waals surface area contributed by atoms with Crippen LogP contribution in [0.1, 0.15) is 52.0 Å². The predicted molar refractivity (Wildman–Crippen MR) is 109 cm³/mol. The van der Waals surface area contributed by atoms with Gasteiger partial charge in [-0.2, -0.15) is 0 Å². The van der Waals surface area contributed by atoms with Crippen LogP contribution in [0.25, 0.3) is 22.4 Å². The van der Waals surface area contributed by atoms with E-state index in [1.807, 2.05) is 6.07 Å². The predicted octanol–water partition coefficient (Wildman–Crippen LogP) is 5.43. The summed E-state index contributed by atoms with van der Waals surface area (Å²) in [5.74, 6) is 2.17. The average Bonchev–Trinajstić information content (AvgIpc) is 3.04. The van der Waals surface area contributed by atoms with Gasteiger partial charge in [0, 0.05) is 17.3 Å². The van der Waals surface area contributed by atoms with Crippen molar-refractivity contribution in [2.75, 3.05) is 0 Å². The molecule has 0 fully saturated rings. The number of aromatic hydroxyl groups is 2. The van der Waals surface area contributed by atoms with Crippen molar-refractivity contribution in [2.24, 2.45) is 11.8 Å². The Morgan fingerprint density at radius 1 is 1.04 bits per heavy atom. The van der Waals surface area contributed by atoms with Gasteiger partial charge in [-0.15, -0.1) is 0 Å². The minimum absolute atomic E-state index is 0.123. The van der Waals surface area contributed by atoms with Gasteiger partial charge in [-0.05, 0) is 42.9 Å². The van der Waals surface area contributed by atoms with Gasteiger partial charge in [-0.25, -0.2) is 4.98 Å². The van der Waals surface area contributed by atoms with Gasteiger partial charge in [0.1, 0.15) is 17.3 Å². The first kappa shape index (κ1) is 19.2. The molecule has 0 saturated heterocycles. The number of aromatic nitrogens is 3. The largest absolute Gasteiger partial charge is 0.508 e. The first-order valence-corrected chi connectivity index (χ1v) is 9.79. The molecule has 0 aliphatic carbocycles. The fraction of sp³-hybridized carbons (Fsp3) is 0.455. The highest BCUT2D eigenvalue weighted by molar-refractivity contribution is 5.79. The zero-order valence-corrected chi connectivity index (χ0v) is 16.4. The van der Waals surface area contributed by atoms with E-state index in [4.69, 9.17) is 0 Å². The van der Waals surface area contributed by atoms with Gasteiger partial charge in [0.15, 0.2) is 0 Å². The molecule has 2 heterocycles. The maximum absolute atomic E-state index is 10.5. The van der Waals surface area contributed by atoms with Crippen LogP contribution in [0.15, 0.2) is 30.6 Å². The Morgan fingerprint density at radius 3 is 2.44 bits per heavy atom. The fourth-order valence-corrected chi connectivity index (χ4v) is 3.44. The Bertz CT molecular complexity index is 845. The summed E-state index contributed by atoms with van der Waals surface area (Å²) in [7, 11) is 0. The number of nitrogens with zero attached hydrogens (tertiary/aromatic N) is 2. The van der Waals surface area contributed by atoms with E-state index in [1.165, 1.54) is 19.3 Å². The number of hydrogen-bond donors (Lipinski definition) is 3. The van der Waals surface area contributed by atoms with Gasteiger partial charge in [0.25, 0.3) is 0 Å². The van der Waals surface area contributed by atoms with Crippen molar-refractivity contribution in [1.29, 1.82) is 0 Å². The summed E-state index contributed by atoms with van der Waals surface area (Å²) in [6, 6.07) is 5.16. The number of rotatable bonds is 8. The second-order valence-electron chi connectivity index (χ2n) is 7.94. The fourth-order valence-electron chi connectivity index (χ4n) is 3.44. The van der Waals surface area contributed by atoms with Gasteiger partial charge in [-0.1, -0.05) is 40.0 Å². The van der Waals surface area contributed by atoms with Crippen LogP contribution in [0.5, 0.6) is 11.5 Å². The van der Waals surface area contributed by atoms with Crippen LogP contribution >= 0.6 is 0 Å². The number of nitrogens with one attached hydrogen (secondary N) is 1. The van der Waals surface area contributed by atoms with Crippen molar-refractivity contribution in [1.82, 2.24) is 15.0 Å². The zero-order chi connectivity index (χ0) is 19.4. The van der Waals surface area contributed by atoms with Crippen molar-refractivity contribution in [3.8, 4) is 22.9 Å². The van der Waals surface area contributed by atoms with Crippen molar-refractivity contribution in [3.05, 3.63) is 36.2 Å². The number of pyridine rings is 1. The number of phenolic OH excluding ortho intramolecular Hbond substituents is 2. The number of H-pyrrole nitrogens is 1. The van der Waals surface area contributed by atoms with E-state index in [0.29, 0.717) is 29.3 Å². The third kappa shape index (κ3) is 4.79. The summed E-state index contributed by atoms with van der Waals surface area (Å²) < 4.78 is 0. The number of aromatic amines is 1. The molecular weight excluding hydrogens is 338 g/mol. The minimum atomic E-state index is 0.123. The van der Waals surface area contributed by atoms with E-state index < -0.39 is 0 Å². The lowest BCUT2D eigenvalue weighted by Gasteiger charge is -2.14. The lowest BCUT2D eigenvalue weighted by molar-refractivity contribution is 0.414. The molecule has 144 valence electrons. The number of hydrogen-bond acceptors (Lipinski definition) is 4. The van der Waals surface area contributed by atoms with Crippen molar-refractivity contribution in [3.63, 3.8) is 0 Å². The highest BCUT2D eigenvalue weighted by Crippen LogP contribution is 2.35. The maximum Gasteiger partial charge on any atom is 0.138 e. The number of fused-ring (bicyclic) bond motifs is 1. The molecule has 1 atom stereocenters. The molecule has 27 heavy (non-hydrogen) atoms. The van der Waals surface area contributed by atoms with Gasteiger partial charge in [0.2, 0.25) is 0 Å². The number of imidazole rings is 1. The first-order chi connectivity index (χ1) is 12.9. The monoisotopic (exact) mass is 367 g/mol. The van der Waals surface area contributed by atoms with E-state index >= 15 is 0 Å². The Balaban J connectivity index is 1.69. The van der Waals surface area contributed by atoms with Crippen LogP contribution in [-0.4, -0.2) is 25.2 Å². The Kier molecular flexibility index (Phi) is 5.99. The molecule has 3 rings (SSSR count). The van der Waals surface area contributed by atoms with E-state index in [1.54, 1.807) is 24.5 Å². The normalized spacial score (nSPS) is 12.7. The lowest BCUT2D eigenvalue weighted by Crippen LogP contribution is -2.00. The summed E-state index contributed by atoms with van der Waals surface area (Å²) in [6.45, 7) is 6.74. The summed E-state index contributed by atoms with van der Waals surface area (Å²) in [5.41, 5.74) is 2.91. The topological polar surface area (TPSA) is 82.0 Å². The molecule has 3 N–H and O–H groups in total. The van der Waals surface area contributed by atoms with Crippen LogP contribution in [0.2, 0.25) is 0 Å². The molecule has 5 nitrogen and oxygen atoms in total. The molecule has 0 bridgehead atoms. The van der Waals surface area contributed by atoms with Gasteiger partial charge in [-0.3, -0.25) is 4.98 Å². The average molecular weight is 367 g/mol. The molecule has 5 heteroatoms. The molecule has 1 aromatic carbocycles. The minimum Gasteiger partial charge on any atom is -0.508 e. The van der Waals surface area contributed by atoms with Crippen LogP contribution in [-0.2, 0) is 6.42 Å². The third-order valence-electron chi connectivity index (χ3n) is 5.13. The van der Waals surface area contributed by atoms with Crippen LogP contribution < -0.4 is 0 Å². The van der Waals surface area contributed by atoms with E-state index in [-0.39, 0.29) is 11.5 Å². The van der Waals surface area contributed by atoms with E-state index in [9.17, 15) is 10.2 Å². The van der Waals surface area contributed by atoms with Crippen LogP contribution in [0.4, 0.5) is 0 Å². The molecule has 0 saturated carbocycles. The first-order valence-electron chi connectivity index (χ1n) is 9.79. The maximum atomic E-state index is 10.5. The second kappa shape index (κ2) is 8.42. The summed E-state index contributed by atoms with van der Waals surface area (Å²) in [6.07, 6.45) is 8.69. The molecular formula is C22H29N3O2. The van der Waals surface area contributed by atoms with Gasteiger partial charge < -0.3 is 15.2 Å². The van der Waals surface area contributed by atoms with Crippen LogP contribution in [0, 0.1) is 11.8 Å². The molecule has 3 aromatic rings. The van der Waals surface area contributed by atoms with Crippen molar-refractivity contribution < 1.29 is 10.2 Å². The Hall–Kier alpha value is -2.56. The zero-order valence-electron chi connectivity index (χ0n) is 16.4.